The highest BCUT2D eigenvalue weighted by Gasteiger charge is 2.58. The number of nitrogens with one attached hydrogen (secondary N) is 5. The minimum atomic E-state index is -2.57. The van der Waals surface area contributed by atoms with Gasteiger partial charge in [0.25, 0.3) is 23.5 Å². The van der Waals surface area contributed by atoms with Crippen molar-refractivity contribution in [1.29, 1.82) is 0 Å². The lowest BCUT2D eigenvalue weighted by atomic mass is 9.88. The van der Waals surface area contributed by atoms with Crippen molar-refractivity contribution in [2.45, 2.75) is 125 Å². The van der Waals surface area contributed by atoms with Crippen LogP contribution in [0.15, 0.2) is 194 Å². The highest BCUT2D eigenvalue weighted by Crippen LogP contribution is 2.38. The van der Waals surface area contributed by atoms with Crippen molar-refractivity contribution in [3.05, 3.63) is 228 Å². The zero-order valence-electron chi connectivity index (χ0n) is 60.0. The highest BCUT2D eigenvalue weighted by atomic mass is 32.2. The normalized spacial score (nSPS) is 20.6. The number of carbonyl (C=O) groups excluding carboxylic acids is 9. The van der Waals surface area contributed by atoms with Crippen molar-refractivity contribution in [2.24, 2.45) is 0 Å². The van der Waals surface area contributed by atoms with Gasteiger partial charge in [-0.15, -0.1) is 0 Å². The molecule has 2 aliphatic heterocycles. The van der Waals surface area contributed by atoms with Crippen molar-refractivity contribution in [2.75, 3.05) is 55.9 Å². The van der Waals surface area contributed by atoms with Crippen LogP contribution in [0.2, 0.25) is 0 Å². The molecule has 2 fully saturated rings. The second kappa shape index (κ2) is 41.0. The fourth-order valence-electron chi connectivity index (χ4n) is 12.4. The molecule has 28 heteroatoms. The molecule has 7 aromatic rings. The molecule has 0 spiro atoms. The molecule has 0 aromatic heterocycles. The Bertz CT molecular complexity index is 4170. The number of thioether (sulfide) groups is 2. The molecule has 0 radical (unpaired) electrons. The lowest BCUT2D eigenvalue weighted by Crippen LogP contribution is -2.68. The monoisotopic (exact) mass is 1530 g/mol. The molecule has 7 aromatic carbocycles. The number of aliphatic carboxylic acids is 1. The van der Waals surface area contributed by atoms with E-state index in [9.17, 15) is 73.5 Å². The Morgan fingerprint density at radius 1 is 0.468 bits per heavy atom. The fraction of sp³-hybridized carbons (Fsp3) is 0.358. The maximum Gasteiger partial charge on any atom is 0.364 e. The van der Waals surface area contributed by atoms with Gasteiger partial charge in [-0.1, -0.05) is 133 Å². The third-order valence-electron chi connectivity index (χ3n) is 18.1. The first kappa shape index (κ1) is 83.1. The zero-order valence-corrected chi connectivity index (χ0v) is 61.7. The Morgan fingerprint density at radius 2 is 0.853 bits per heavy atom. The van der Waals surface area contributed by atoms with Crippen LogP contribution in [-0.4, -0.2) is 213 Å². The number of aliphatic hydroxyl groups is 4. The van der Waals surface area contributed by atoms with E-state index in [1.54, 1.807) is 109 Å². The third-order valence-corrected chi connectivity index (χ3v) is 20.3. The molecule has 109 heavy (non-hydrogen) atoms. The Balaban J connectivity index is 0.705. The van der Waals surface area contributed by atoms with Crippen LogP contribution in [0.1, 0.15) is 115 Å². The molecule has 2 aliphatic rings. The van der Waals surface area contributed by atoms with Gasteiger partial charge in [-0.05, 0) is 119 Å². The lowest BCUT2D eigenvalue weighted by molar-refractivity contribution is -0.310. The number of aliphatic hydroxyl groups excluding tert-OH is 4. The maximum absolute atomic E-state index is 13.5. The largest absolute Gasteiger partial charge is 0.477 e. The molecule has 12 atom stereocenters. The maximum atomic E-state index is 13.5. The van der Waals surface area contributed by atoms with Gasteiger partial charge in [0, 0.05) is 74.3 Å². The number of ether oxygens (including phenoxy) is 6. The van der Waals surface area contributed by atoms with Gasteiger partial charge in [0.05, 0.1) is 55.1 Å². The van der Waals surface area contributed by atoms with Crippen molar-refractivity contribution in [3.8, 4) is 22.3 Å². The van der Waals surface area contributed by atoms with Gasteiger partial charge < -0.3 is 80.5 Å². The van der Waals surface area contributed by atoms with E-state index in [0.29, 0.717) is 53.3 Å². The number of Topliss-reactive ketones (excluding diaryl/α,β-unsaturated/α-hetero) is 1. The van der Waals surface area contributed by atoms with Crippen LogP contribution in [0.4, 0.5) is 0 Å². The molecule has 0 saturated carbocycles. The molecule has 0 bridgehead atoms. The van der Waals surface area contributed by atoms with Gasteiger partial charge in [-0.2, -0.15) is 23.5 Å². The molecule has 2 saturated heterocycles. The number of hydrogen-bond donors (Lipinski definition) is 10. The van der Waals surface area contributed by atoms with Crippen LogP contribution < -0.4 is 26.6 Å². The Morgan fingerprint density at radius 3 is 1.30 bits per heavy atom. The number of esters is 2. The number of rotatable bonds is 39. The fourth-order valence-corrected chi connectivity index (χ4v) is 14.0. The van der Waals surface area contributed by atoms with E-state index in [1.165, 1.54) is 54.7 Å². The predicted molar refractivity (Wildman–Crippen MR) is 405 cm³/mol. The molecule has 26 nitrogen and oxygen atoms in total. The summed E-state index contributed by atoms with van der Waals surface area (Å²) in [6.07, 6.45) is -13.1. The van der Waals surface area contributed by atoms with Gasteiger partial charge in [0.1, 0.15) is 36.6 Å². The third kappa shape index (κ3) is 23.8. The molecule has 10 N–H and O–H groups in total. The Kier molecular flexibility index (Phi) is 31.2. The Hall–Kier alpha value is -9.98. The summed E-state index contributed by atoms with van der Waals surface area (Å²) in [5, 5.41) is 70.3. The van der Waals surface area contributed by atoms with Crippen LogP contribution in [0.3, 0.4) is 0 Å². The number of benzene rings is 7. The molecule has 9 rings (SSSR count). The summed E-state index contributed by atoms with van der Waals surface area (Å²) in [5.74, 6) is -9.05. The average molecular weight is 1530 g/mol. The lowest BCUT2D eigenvalue weighted by Gasteiger charge is -2.47. The number of hydrogen-bond acceptors (Lipinski definition) is 22. The summed E-state index contributed by atoms with van der Waals surface area (Å²) in [7, 11) is 0. The van der Waals surface area contributed by atoms with Crippen molar-refractivity contribution in [3.63, 3.8) is 0 Å². The molecular formula is C81H89N5O21S2. The van der Waals surface area contributed by atoms with Crippen molar-refractivity contribution >= 4 is 83.0 Å². The van der Waals surface area contributed by atoms with Crippen LogP contribution in [-0.2, 0) is 47.6 Å². The number of ketones is 1. The van der Waals surface area contributed by atoms with E-state index >= 15 is 0 Å². The molecular weight excluding hydrogens is 1440 g/mol. The van der Waals surface area contributed by atoms with E-state index in [4.69, 9.17) is 28.4 Å². The first-order valence-corrected chi connectivity index (χ1v) is 37.9. The zero-order chi connectivity index (χ0) is 77.9. The van der Waals surface area contributed by atoms with Gasteiger partial charge in [-0.3, -0.25) is 33.6 Å². The van der Waals surface area contributed by atoms with Crippen LogP contribution in [0.5, 0.6) is 0 Å². The van der Waals surface area contributed by atoms with Gasteiger partial charge in [0.2, 0.25) is 17.6 Å². The summed E-state index contributed by atoms with van der Waals surface area (Å²) in [4.78, 5) is 132. The molecule has 0 unspecified atom stereocenters. The second-order valence-corrected chi connectivity index (χ2v) is 28.5. The minimum Gasteiger partial charge on any atom is -0.477 e. The first-order chi connectivity index (χ1) is 52.6. The van der Waals surface area contributed by atoms with Gasteiger partial charge in [0.15, 0.2) is 12.1 Å². The Labute approximate surface area is 638 Å². The SMILES string of the molecule is CC(=O)N[C@H]1[C@H]([C@H](O)[C@H](O)CNC(=O)c2ccc(-c3ccccc3)cc2)O[C@](C=O)(OCCCSCCNC(=O)c2ccc(C(=O)CCCSCCCO[C@]3(C(=O)O)C[C@H](OC(=O)c4ccccc4)[C@@H](NC(C)=O)[C@H]([C@H](O)[C@H](O)CNC(=O)c4ccc(-c5ccccc5)cc4)O3)cc2)C[C@@H]1OC(=O)c1ccccc1. The first-order valence-electron chi connectivity index (χ1n) is 35.6. The van der Waals surface area contributed by atoms with E-state index in [0.717, 1.165) is 29.2 Å². The number of aldehydes is 1. The van der Waals surface area contributed by atoms with E-state index in [1.807, 2.05) is 60.7 Å². The summed E-state index contributed by atoms with van der Waals surface area (Å²) >= 11 is 2.94. The van der Waals surface area contributed by atoms with Crippen molar-refractivity contribution < 1.29 is 102 Å². The molecule has 576 valence electrons. The quantitative estimate of drug-likeness (QED) is 0.00801. The van der Waals surface area contributed by atoms with Crippen molar-refractivity contribution in [1.82, 2.24) is 26.6 Å². The topological polar surface area (TPSA) is 387 Å². The minimum absolute atomic E-state index is 0.0759. The van der Waals surface area contributed by atoms with E-state index in [2.05, 4.69) is 26.6 Å². The van der Waals surface area contributed by atoms with E-state index < -0.39 is 140 Å². The van der Waals surface area contributed by atoms with Crippen LogP contribution >= 0.6 is 23.5 Å². The van der Waals surface area contributed by atoms with Gasteiger partial charge in [-0.25, -0.2) is 14.4 Å². The number of carboxylic acid groups (broad SMARTS) is 1. The predicted octanol–water partition coefficient (Wildman–Crippen LogP) is 7.01. The number of amides is 5. The van der Waals surface area contributed by atoms with Crippen LogP contribution in [0.25, 0.3) is 22.3 Å². The average Bonchev–Trinajstić information content (AvgIpc) is 0.768. The number of carboxylic acids is 1. The smallest absolute Gasteiger partial charge is 0.364 e. The summed E-state index contributed by atoms with van der Waals surface area (Å²) in [6, 6.07) is 51.8. The summed E-state index contributed by atoms with van der Waals surface area (Å²) < 4.78 is 36.1. The summed E-state index contributed by atoms with van der Waals surface area (Å²) in [5.41, 5.74) is 5.13. The highest BCUT2D eigenvalue weighted by molar-refractivity contribution is 7.99. The standard InChI is InChI=1S/C81H89N5O21S2/c1-51(88)85-68-66(104-77(98)61-22-11-5-12-23-61)46-80(50-87,106-72(68)70(93)64(91)48-83-75(96)59-33-27-55(28-34-59)53-18-7-3-8-19-53)102-40-16-44-109-45-39-82-74(95)58-37-31-57(32-38-58)63(90)26-15-42-108-43-17-41-103-81(79(100)101)47-67(105-78(99)62-24-13-6-14-25-62)69(86-52(2)89)73(107-81)71(94)65(92)49-84-76(97)60-35-29-56(30-36-60)54-20-9-4-10-21-54/h3-14,18-25,27-38,50,64-73,91-94H,15-17,26,39-49H2,1-2H3,(H,82,95)(H,83,96)(H,84,97)(H,85,88)(H,86,89)(H,100,101)/t64-,65-,66+,67+,68-,69-,70-,71-,72-,73-,80-,81-/m1/s1. The molecule has 0 aliphatic carbocycles. The van der Waals surface area contributed by atoms with E-state index in [-0.39, 0.29) is 66.5 Å². The van der Waals surface area contributed by atoms with Crippen LogP contribution in [0, 0.1) is 0 Å². The molecule has 2 heterocycles. The van der Waals surface area contributed by atoms with Gasteiger partial charge >= 0.3 is 17.9 Å². The second-order valence-electron chi connectivity index (χ2n) is 26.0. The number of carbonyl (C=O) groups is 10. The summed E-state index contributed by atoms with van der Waals surface area (Å²) in [6.45, 7) is 1.30. The molecule has 5 amide bonds.